The maximum absolute atomic E-state index is 9.64. The first kappa shape index (κ1) is 9.85. The Morgan fingerprint density at radius 2 is 2.33 bits per heavy atom. The van der Waals surface area contributed by atoms with E-state index in [0.717, 1.165) is 0 Å². The van der Waals surface area contributed by atoms with Crippen LogP contribution in [0.2, 0.25) is 0 Å². The molecule has 5 nitrogen and oxygen atoms in total. The van der Waals surface area contributed by atoms with Gasteiger partial charge in [0.1, 0.15) is 12.1 Å². The number of nitrogens with zero attached hydrogens (tertiary/aromatic N) is 3. The topological polar surface area (TPSA) is 74.2 Å². The van der Waals surface area contributed by atoms with Gasteiger partial charge in [-0.2, -0.15) is 10.1 Å². The Hall–Kier alpha value is -1.69. The van der Waals surface area contributed by atoms with Crippen molar-refractivity contribution in [3.8, 4) is 5.75 Å². The average molecular weight is 267 g/mol. The first-order valence-corrected chi connectivity index (χ1v) is 4.93. The number of H-pyrrole nitrogens is 1. The Bertz CT molecular complexity index is 481. The molecule has 15 heavy (non-hydrogen) atoms. The molecule has 6 heteroatoms. The molecular formula is C9H7BrN4O. The number of para-hydroxylation sites is 1. The van der Waals surface area contributed by atoms with Crippen molar-refractivity contribution in [3.63, 3.8) is 0 Å². The van der Waals surface area contributed by atoms with E-state index in [1.54, 1.807) is 12.1 Å². The second-order valence-electron chi connectivity index (χ2n) is 2.74. The van der Waals surface area contributed by atoms with Crippen molar-refractivity contribution in [1.82, 2.24) is 15.2 Å². The number of aliphatic imine (C=N–C) groups is 1. The normalized spacial score (nSPS) is 11.0. The molecule has 0 saturated heterocycles. The van der Waals surface area contributed by atoms with Gasteiger partial charge in [0.05, 0.1) is 4.47 Å². The predicted molar refractivity (Wildman–Crippen MR) is 59.4 cm³/mol. The maximum atomic E-state index is 9.64. The molecule has 2 rings (SSSR count). The first-order chi connectivity index (χ1) is 7.27. The second-order valence-corrected chi connectivity index (χ2v) is 3.60. The minimum atomic E-state index is 0.153. The van der Waals surface area contributed by atoms with Crippen molar-refractivity contribution < 1.29 is 5.11 Å². The highest BCUT2D eigenvalue weighted by molar-refractivity contribution is 9.10. The molecule has 0 spiro atoms. The van der Waals surface area contributed by atoms with Crippen molar-refractivity contribution in [2.45, 2.75) is 0 Å². The number of hydrogen-bond acceptors (Lipinski definition) is 4. The monoisotopic (exact) mass is 266 g/mol. The van der Waals surface area contributed by atoms with E-state index in [9.17, 15) is 5.11 Å². The van der Waals surface area contributed by atoms with E-state index in [4.69, 9.17) is 0 Å². The molecule has 0 bridgehead atoms. The molecule has 0 unspecified atom stereocenters. The number of phenolic OH excluding ortho intramolecular Hbond substituents is 1. The number of nitrogens with one attached hydrogen (secondary N) is 1. The van der Waals surface area contributed by atoms with Gasteiger partial charge in [0.25, 0.3) is 0 Å². The van der Waals surface area contributed by atoms with Crippen molar-refractivity contribution in [2.75, 3.05) is 0 Å². The molecule has 1 aromatic carbocycles. The van der Waals surface area contributed by atoms with Gasteiger partial charge < -0.3 is 5.11 Å². The number of phenols is 1. The zero-order valence-electron chi connectivity index (χ0n) is 7.55. The number of aromatic nitrogens is 3. The van der Waals surface area contributed by atoms with Gasteiger partial charge in [-0.15, -0.1) is 0 Å². The van der Waals surface area contributed by atoms with Crippen LogP contribution >= 0.6 is 15.9 Å². The van der Waals surface area contributed by atoms with Crippen molar-refractivity contribution >= 4 is 28.1 Å². The highest BCUT2D eigenvalue weighted by Crippen LogP contribution is 2.26. The molecule has 0 aliphatic carbocycles. The van der Waals surface area contributed by atoms with Crippen molar-refractivity contribution in [1.29, 1.82) is 0 Å². The number of aromatic amines is 1. The molecule has 0 atom stereocenters. The smallest absolute Gasteiger partial charge is 0.245 e. The van der Waals surface area contributed by atoms with Gasteiger partial charge in [0.15, 0.2) is 0 Å². The van der Waals surface area contributed by atoms with Gasteiger partial charge in [-0.25, -0.2) is 10.1 Å². The number of aromatic hydroxyl groups is 1. The summed E-state index contributed by atoms with van der Waals surface area (Å²) in [4.78, 5) is 7.83. The molecule has 2 aromatic rings. The number of halogens is 1. The molecule has 0 aliphatic heterocycles. The Morgan fingerprint density at radius 1 is 1.47 bits per heavy atom. The highest BCUT2D eigenvalue weighted by atomic mass is 79.9. The van der Waals surface area contributed by atoms with Crippen molar-refractivity contribution in [3.05, 3.63) is 34.6 Å². The summed E-state index contributed by atoms with van der Waals surface area (Å²) in [6.07, 6.45) is 2.88. The fraction of sp³-hybridized carbons (Fsp3) is 0. The SMILES string of the molecule is Oc1c(Br)cccc1/C=N/c1ncn[nH]1. The van der Waals surface area contributed by atoms with Crippen LogP contribution in [0.5, 0.6) is 5.75 Å². The highest BCUT2D eigenvalue weighted by Gasteiger charge is 2.01. The largest absolute Gasteiger partial charge is 0.506 e. The summed E-state index contributed by atoms with van der Waals surface area (Å²) >= 11 is 3.22. The quantitative estimate of drug-likeness (QED) is 0.817. The van der Waals surface area contributed by atoms with Crippen molar-refractivity contribution in [2.24, 2.45) is 4.99 Å². The second kappa shape index (κ2) is 4.22. The van der Waals surface area contributed by atoms with Crippen LogP contribution in [0.4, 0.5) is 5.95 Å². The van der Waals surface area contributed by atoms with Crippen LogP contribution < -0.4 is 0 Å². The fourth-order valence-corrected chi connectivity index (χ4v) is 1.41. The van der Waals surface area contributed by atoms with Crippen LogP contribution in [-0.2, 0) is 0 Å². The Kier molecular flexibility index (Phi) is 2.77. The lowest BCUT2D eigenvalue weighted by atomic mass is 10.2. The molecule has 0 fully saturated rings. The van der Waals surface area contributed by atoms with E-state index in [-0.39, 0.29) is 5.75 Å². The molecule has 1 heterocycles. The predicted octanol–water partition coefficient (Wildman–Crippen LogP) is 2.02. The summed E-state index contributed by atoms with van der Waals surface area (Å²) in [6, 6.07) is 5.31. The van der Waals surface area contributed by atoms with Gasteiger partial charge >= 0.3 is 0 Å². The minimum Gasteiger partial charge on any atom is -0.506 e. The molecular weight excluding hydrogens is 260 g/mol. The summed E-state index contributed by atoms with van der Waals surface area (Å²) in [5.74, 6) is 0.551. The molecule has 0 saturated carbocycles. The summed E-state index contributed by atoms with van der Waals surface area (Å²) in [5.41, 5.74) is 0.612. The van der Waals surface area contributed by atoms with E-state index in [1.165, 1.54) is 12.5 Å². The van der Waals surface area contributed by atoms with E-state index >= 15 is 0 Å². The van der Waals surface area contributed by atoms with Gasteiger partial charge in [-0.05, 0) is 28.1 Å². The third-order valence-corrected chi connectivity index (χ3v) is 2.39. The standard InChI is InChI=1S/C9H7BrN4O/c10-7-3-1-2-6(8(7)15)4-11-9-12-5-13-14-9/h1-5,15H,(H,12,13,14)/b11-4+. The lowest BCUT2D eigenvalue weighted by Crippen LogP contribution is -1.83. The summed E-state index contributed by atoms with van der Waals surface area (Å²) < 4.78 is 0.629. The lowest BCUT2D eigenvalue weighted by molar-refractivity contribution is 0.471. The molecule has 0 radical (unpaired) electrons. The summed E-state index contributed by atoms with van der Waals surface area (Å²) in [6.45, 7) is 0. The van der Waals surface area contributed by atoms with Gasteiger partial charge in [0, 0.05) is 11.8 Å². The molecule has 1 aromatic heterocycles. The van der Waals surface area contributed by atoms with Crippen LogP contribution in [0, 0.1) is 0 Å². The van der Waals surface area contributed by atoms with E-state index < -0.39 is 0 Å². The average Bonchev–Trinajstić information content (AvgIpc) is 2.73. The zero-order chi connectivity index (χ0) is 10.7. The number of benzene rings is 1. The van der Waals surface area contributed by atoms with Crippen LogP contribution in [0.15, 0.2) is 34.0 Å². The van der Waals surface area contributed by atoms with Gasteiger partial charge in [-0.3, -0.25) is 0 Å². The van der Waals surface area contributed by atoms with E-state index in [0.29, 0.717) is 16.0 Å². The van der Waals surface area contributed by atoms with Gasteiger partial charge in [-0.1, -0.05) is 6.07 Å². The Balaban J connectivity index is 2.28. The van der Waals surface area contributed by atoms with Gasteiger partial charge in [0.2, 0.25) is 5.95 Å². The Morgan fingerprint density at radius 3 is 3.07 bits per heavy atom. The minimum absolute atomic E-state index is 0.153. The fourth-order valence-electron chi connectivity index (χ4n) is 1.03. The first-order valence-electron chi connectivity index (χ1n) is 4.14. The number of hydrogen-bond donors (Lipinski definition) is 2. The molecule has 0 aliphatic rings. The van der Waals surface area contributed by atoms with Crippen LogP contribution in [0.1, 0.15) is 5.56 Å². The maximum Gasteiger partial charge on any atom is 0.245 e. The lowest BCUT2D eigenvalue weighted by Gasteiger charge is -1.99. The zero-order valence-corrected chi connectivity index (χ0v) is 9.14. The molecule has 76 valence electrons. The third-order valence-electron chi connectivity index (χ3n) is 1.75. The van der Waals surface area contributed by atoms with Crippen LogP contribution in [-0.4, -0.2) is 26.5 Å². The summed E-state index contributed by atoms with van der Waals surface area (Å²) in [5, 5.41) is 15.9. The van der Waals surface area contributed by atoms with E-state index in [2.05, 4.69) is 36.1 Å². The third kappa shape index (κ3) is 2.21. The Labute approximate surface area is 94.0 Å². The molecule has 2 N–H and O–H groups in total. The van der Waals surface area contributed by atoms with Crippen LogP contribution in [0.3, 0.4) is 0 Å². The number of rotatable bonds is 2. The van der Waals surface area contributed by atoms with Crippen LogP contribution in [0.25, 0.3) is 0 Å². The van der Waals surface area contributed by atoms with E-state index in [1.807, 2.05) is 6.07 Å². The molecule has 0 amide bonds. The summed E-state index contributed by atoms with van der Waals surface area (Å²) in [7, 11) is 0.